The van der Waals surface area contributed by atoms with Gasteiger partial charge < -0.3 is 25.8 Å². The van der Waals surface area contributed by atoms with E-state index >= 15 is 0 Å². The summed E-state index contributed by atoms with van der Waals surface area (Å²) in [6, 6.07) is 13.8. The van der Waals surface area contributed by atoms with Gasteiger partial charge in [0.15, 0.2) is 5.66 Å². The zero-order valence-corrected chi connectivity index (χ0v) is 17.5. The maximum atomic E-state index is 12.4. The van der Waals surface area contributed by atoms with Crippen molar-refractivity contribution in [1.82, 2.24) is 10.2 Å². The Morgan fingerprint density at radius 2 is 2.00 bits per heavy atom. The fraction of sp³-hybridized carbons (Fsp3) is 0.500. The summed E-state index contributed by atoms with van der Waals surface area (Å²) in [5.41, 5.74) is 5.31. The number of aliphatic hydroxyl groups excluding tert-OH is 1. The number of benzene rings is 2. The Bertz CT molecular complexity index is 861. The van der Waals surface area contributed by atoms with Crippen LogP contribution in [0.15, 0.2) is 52.7 Å². The lowest BCUT2D eigenvalue weighted by atomic mass is 10.1. The summed E-state index contributed by atoms with van der Waals surface area (Å²) in [7, 11) is 0. The molecule has 2 aromatic carbocycles. The molecule has 1 amide bonds. The molecular formula is C22H31N5O3. The predicted octanol–water partition coefficient (Wildman–Crippen LogP) is 1.92. The van der Waals surface area contributed by atoms with Gasteiger partial charge in [0.05, 0.1) is 0 Å². The molecule has 2 aromatic rings. The largest absolute Gasteiger partial charge is 0.490 e. The number of carbonyl (C=O) groups excluding carboxylic acids is 1. The van der Waals surface area contributed by atoms with Crippen LogP contribution in [-0.2, 0) is 4.79 Å². The average molecular weight is 414 g/mol. The molecule has 0 radical (unpaired) electrons. The lowest BCUT2D eigenvalue weighted by Gasteiger charge is -2.23. The van der Waals surface area contributed by atoms with Crippen LogP contribution in [0.5, 0.6) is 5.75 Å². The monoisotopic (exact) mass is 413 g/mol. The number of amides is 1. The van der Waals surface area contributed by atoms with Crippen molar-refractivity contribution >= 4 is 16.7 Å². The molecule has 0 unspecified atom stereocenters. The highest BCUT2D eigenvalue weighted by molar-refractivity contribution is 5.88. The lowest BCUT2D eigenvalue weighted by molar-refractivity contribution is -0.131. The summed E-state index contributed by atoms with van der Waals surface area (Å²) >= 11 is 0. The molecule has 0 aliphatic carbocycles. The second kappa shape index (κ2) is 10.5. The van der Waals surface area contributed by atoms with Gasteiger partial charge in [-0.25, -0.2) is 0 Å². The van der Waals surface area contributed by atoms with Crippen LogP contribution >= 0.6 is 0 Å². The number of fused-ring (bicyclic) bond motifs is 1. The number of hydrogen-bond donors (Lipinski definition) is 3. The highest BCUT2D eigenvalue weighted by Crippen LogP contribution is 2.30. The van der Waals surface area contributed by atoms with E-state index in [9.17, 15) is 9.90 Å². The smallest absolute Gasteiger partial charge is 0.223 e. The predicted molar refractivity (Wildman–Crippen MR) is 116 cm³/mol. The molecule has 8 nitrogen and oxygen atoms in total. The molecular weight excluding hydrogens is 382 g/mol. The normalized spacial score (nSPS) is 15.2. The molecule has 0 spiro atoms. The van der Waals surface area contributed by atoms with Gasteiger partial charge in [0.2, 0.25) is 5.91 Å². The van der Waals surface area contributed by atoms with E-state index in [1.165, 1.54) is 0 Å². The van der Waals surface area contributed by atoms with Gasteiger partial charge in [0, 0.05) is 51.0 Å². The Labute approximate surface area is 177 Å². The van der Waals surface area contributed by atoms with Crippen LogP contribution in [-0.4, -0.2) is 67.0 Å². The number of carbonyl (C=O) groups is 1. The summed E-state index contributed by atoms with van der Waals surface area (Å²) in [6.45, 7) is 4.51. The molecule has 4 N–H and O–H groups in total. The first-order chi connectivity index (χ1) is 14.5. The van der Waals surface area contributed by atoms with E-state index in [4.69, 9.17) is 10.5 Å². The fourth-order valence-electron chi connectivity index (χ4n) is 3.24. The minimum atomic E-state index is -0.669. The first-order valence-corrected chi connectivity index (χ1v) is 10.4. The lowest BCUT2D eigenvalue weighted by Crippen LogP contribution is -2.39. The summed E-state index contributed by atoms with van der Waals surface area (Å²) in [5, 5.41) is 23.4. The molecule has 1 heterocycles. The standard InChI is InChI=1S/C22H31N5O3/c1-22(25-26-22)10-13-27(14-11-23)21(29)9-12-24-15-18(28)16-30-20-8-4-6-17-5-2-3-7-19(17)20/h2-8,18,24,28H,9-16,23H2,1H3/t18-/m0/s1. The Balaban J connectivity index is 1.35. The Morgan fingerprint density at radius 1 is 1.23 bits per heavy atom. The Morgan fingerprint density at radius 3 is 2.77 bits per heavy atom. The number of hydrogen-bond acceptors (Lipinski definition) is 7. The van der Waals surface area contributed by atoms with Crippen LogP contribution in [0.25, 0.3) is 10.8 Å². The summed E-state index contributed by atoms with van der Waals surface area (Å²) in [6.07, 6.45) is 0.399. The number of aliphatic hydroxyl groups is 1. The second-order valence-electron chi connectivity index (χ2n) is 7.73. The van der Waals surface area contributed by atoms with Gasteiger partial charge in [-0.2, -0.15) is 10.2 Å². The Hall–Kier alpha value is -2.55. The molecule has 0 saturated carbocycles. The molecule has 3 rings (SSSR count). The number of nitrogens with two attached hydrogens (primary N) is 1. The maximum Gasteiger partial charge on any atom is 0.223 e. The Kier molecular flexibility index (Phi) is 7.73. The number of nitrogens with one attached hydrogen (secondary N) is 1. The number of ether oxygens (including phenoxy) is 1. The minimum absolute atomic E-state index is 0.0405. The third kappa shape index (κ3) is 6.48. The van der Waals surface area contributed by atoms with Crippen molar-refractivity contribution in [3.05, 3.63) is 42.5 Å². The van der Waals surface area contributed by atoms with Gasteiger partial charge in [-0.15, -0.1) is 0 Å². The van der Waals surface area contributed by atoms with Gasteiger partial charge in [0.1, 0.15) is 18.5 Å². The number of rotatable bonds is 13. The molecule has 8 heteroatoms. The highest BCUT2D eigenvalue weighted by Gasteiger charge is 2.34. The van der Waals surface area contributed by atoms with E-state index in [2.05, 4.69) is 15.5 Å². The zero-order chi connectivity index (χ0) is 21.4. The van der Waals surface area contributed by atoms with E-state index in [1.807, 2.05) is 49.4 Å². The van der Waals surface area contributed by atoms with Crippen LogP contribution in [0.4, 0.5) is 0 Å². The summed E-state index contributed by atoms with van der Waals surface area (Å²) < 4.78 is 5.80. The molecule has 0 bridgehead atoms. The van der Waals surface area contributed by atoms with Gasteiger partial charge in [-0.3, -0.25) is 4.79 Å². The van der Waals surface area contributed by atoms with Crippen molar-refractivity contribution in [2.75, 3.05) is 39.3 Å². The zero-order valence-electron chi connectivity index (χ0n) is 17.5. The molecule has 1 aliphatic heterocycles. The van der Waals surface area contributed by atoms with Crippen molar-refractivity contribution < 1.29 is 14.6 Å². The third-order valence-electron chi connectivity index (χ3n) is 5.12. The minimum Gasteiger partial charge on any atom is -0.490 e. The van der Waals surface area contributed by atoms with E-state index in [-0.39, 0.29) is 18.2 Å². The fourth-order valence-corrected chi connectivity index (χ4v) is 3.24. The van der Waals surface area contributed by atoms with Gasteiger partial charge in [-0.05, 0) is 18.4 Å². The summed E-state index contributed by atoms with van der Waals surface area (Å²) in [5.74, 6) is 0.793. The van der Waals surface area contributed by atoms with Crippen molar-refractivity contribution in [3.63, 3.8) is 0 Å². The van der Waals surface area contributed by atoms with E-state index in [0.29, 0.717) is 39.1 Å². The summed E-state index contributed by atoms with van der Waals surface area (Å²) in [4.78, 5) is 14.2. The van der Waals surface area contributed by atoms with Gasteiger partial charge in [-0.1, -0.05) is 36.4 Å². The number of nitrogens with zero attached hydrogens (tertiary/aromatic N) is 3. The highest BCUT2D eigenvalue weighted by atomic mass is 16.5. The molecule has 1 aliphatic rings. The van der Waals surface area contributed by atoms with Crippen LogP contribution in [0.2, 0.25) is 0 Å². The van der Waals surface area contributed by atoms with Crippen LogP contribution in [0, 0.1) is 0 Å². The van der Waals surface area contributed by atoms with Gasteiger partial charge in [0.25, 0.3) is 0 Å². The van der Waals surface area contributed by atoms with Crippen LogP contribution in [0.1, 0.15) is 19.8 Å². The second-order valence-corrected chi connectivity index (χ2v) is 7.73. The van der Waals surface area contributed by atoms with Crippen molar-refractivity contribution in [2.45, 2.75) is 31.5 Å². The topological polar surface area (TPSA) is 113 Å². The van der Waals surface area contributed by atoms with Crippen molar-refractivity contribution in [2.24, 2.45) is 16.0 Å². The quantitative estimate of drug-likeness (QED) is 0.434. The molecule has 1 atom stereocenters. The van der Waals surface area contributed by atoms with Gasteiger partial charge >= 0.3 is 0 Å². The first kappa shape index (κ1) is 22.1. The van der Waals surface area contributed by atoms with Crippen molar-refractivity contribution in [3.8, 4) is 5.75 Å². The van der Waals surface area contributed by atoms with E-state index < -0.39 is 6.10 Å². The molecule has 0 fully saturated rings. The third-order valence-corrected chi connectivity index (χ3v) is 5.12. The van der Waals surface area contributed by atoms with Crippen LogP contribution < -0.4 is 15.8 Å². The molecule has 0 saturated heterocycles. The molecule has 162 valence electrons. The van der Waals surface area contributed by atoms with Crippen LogP contribution in [0.3, 0.4) is 0 Å². The van der Waals surface area contributed by atoms with E-state index in [1.54, 1.807) is 4.90 Å². The molecule has 30 heavy (non-hydrogen) atoms. The maximum absolute atomic E-state index is 12.4. The van der Waals surface area contributed by atoms with E-state index in [0.717, 1.165) is 22.9 Å². The first-order valence-electron chi connectivity index (χ1n) is 10.4. The SMILES string of the molecule is CC1(CCN(CCN)C(=O)CCNC[C@H](O)COc2cccc3ccccc23)N=N1. The molecule has 0 aromatic heterocycles. The van der Waals surface area contributed by atoms with Crippen molar-refractivity contribution in [1.29, 1.82) is 0 Å². The average Bonchev–Trinajstić information content (AvgIpc) is 3.49.